The zero-order valence-electron chi connectivity index (χ0n) is 19.6. The van der Waals surface area contributed by atoms with E-state index >= 15 is 0 Å². The van der Waals surface area contributed by atoms with Gasteiger partial charge < -0.3 is 19.7 Å². The molecule has 7 nitrogen and oxygen atoms in total. The zero-order chi connectivity index (χ0) is 23.9. The number of piperazine rings is 1. The molecule has 1 saturated heterocycles. The number of carbonyl (C=O) groups is 3. The SMILES string of the molecule is CC(Oc1ccc(-c2ccccc2)cc1)C(=O)N1CCNC(=O)C1CC(=O)OC1CCCCC1. The highest BCUT2D eigenvalue weighted by molar-refractivity contribution is 5.93. The zero-order valence-corrected chi connectivity index (χ0v) is 19.6. The van der Waals surface area contributed by atoms with Crippen molar-refractivity contribution in [2.75, 3.05) is 13.1 Å². The van der Waals surface area contributed by atoms with Crippen molar-refractivity contribution in [2.24, 2.45) is 0 Å². The number of nitrogens with zero attached hydrogens (tertiary/aromatic N) is 1. The van der Waals surface area contributed by atoms with Crippen LogP contribution in [0.2, 0.25) is 0 Å². The Bertz CT molecular complexity index is 986. The summed E-state index contributed by atoms with van der Waals surface area (Å²) in [6.07, 6.45) is 3.95. The molecule has 0 radical (unpaired) electrons. The fourth-order valence-electron chi connectivity index (χ4n) is 4.60. The number of carbonyl (C=O) groups excluding carboxylic acids is 3. The van der Waals surface area contributed by atoms with Gasteiger partial charge in [0.25, 0.3) is 5.91 Å². The molecule has 2 unspecified atom stereocenters. The van der Waals surface area contributed by atoms with Gasteiger partial charge in [0.1, 0.15) is 17.9 Å². The lowest BCUT2D eigenvalue weighted by molar-refractivity contribution is -0.157. The molecule has 1 heterocycles. The summed E-state index contributed by atoms with van der Waals surface area (Å²) in [4.78, 5) is 39.7. The van der Waals surface area contributed by atoms with Gasteiger partial charge in [-0.15, -0.1) is 0 Å². The van der Waals surface area contributed by atoms with Crippen molar-refractivity contribution in [2.45, 2.75) is 63.7 Å². The second kappa shape index (κ2) is 11.2. The van der Waals surface area contributed by atoms with Gasteiger partial charge in [-0.05, 0) is 55.9 Å². The molecule has 180 valence electrons. The van der Waals surface area contributed by atoms with Gasteiger partial charge >= 0.3 is 5.97 Å². The Balaban J connectivity index is 1.37. The molecule has 2 aromatic rings. The first-order valence-corrected chi connectivity index (χ1v) is 12.1. The molecule has 7 heteroatoms. The first-order chi connectivity index (χ1) is 16.5. The number of rotatable bonds is 7. The average Bonchev–Trinajstić information content (AvgIpc) is 2.86. The Morgan fingerprint density at radius 2 is 1.68 bits per heavy atom. The van der Waals surface area contributed by atoms with Crippen LogP contribution >= 0.6 is 0 Å². The Kier molecular flexibility index (Phi) is 7.83. The standard InChI is InChI=1S/C27H32N2O5/c1-19(33-23-14-12-21(13-15-23)20-8-4-2-5-9-20)27(32)29-17-16-28-26(31)24(29)18-25(30)34-22-10-6-3-7-11-22/h2,4-5,8-9,12-15,19,22,24H,3,6-7,10-11,16-18H2,1H3,(H,28,31). The normalized spacial score (nSPS) is 19.7. The molecule has 2 atom stereocenters. The van der Waals surface area contributed by atoms with Gasteiger partial charge in [-0.2, -0.15) is 0 Å². The van der Waals surface area contributed by atoms with Gasteiger partial charge in [0.15, 0.2) is 6.10 Å². The van der Waals surface area contributed by atoms with Crippen LogP contribution < -0.4 is 10.1 Å². The van der Waals surface area contributed by atoms with E-state index in [-0.39, 0.29) is 24.3 Å². The Hall–Kier alpha value is -3.35. The highest BCUT2D eigenvalue weighted by atomic mass is 16.5. The predicted molar refractivity (Wildman–Crippen MR) is 128 cm³/mol. The fourth-order valence-corrected chi connectivity index (χ4v) is 4.60. The van der Waals surface area contributed by atoms with Crippen LogP contribution in [0.3, 0.4) is 0 Å². The van der Waals surface area contributed by atoms with Crippen molar-refractivity contribution >= 4 is 17.8 Å². The third kappa shape index (κ3) is 5.95. The van der Waals surface area contributed by atoms with E-state index in [1.807, 2.05) is 54.6 Å². The highest BCUT2D eigenvalue weighted by Crippen LogP contribution is 2.24. The van der Waals surface area contributed by atoms with E-state index in [0.717, 1.165) is 43.2 Å². The second-order valence-electron chi connectivity index (χ2n) is 8.94. The summed E-state index contributed by atoms with van der Waals surface area (Å²) in [5.41, 5.74) is 2.15. The van der Waals surface area contributed by atoms with Crippen molar-refractivity contribution < 1.29 is 23.9 Å². The third-order valence-corrected chi connectivity index (χ3v) is 6.45. The van der Waals surface area contributed by atoms with E-state index in [4.69, 9.17) is 9.47 Å². The van der Waals surface area contributed by atoms with Crippen molar-refractivity contribution in [1.29, 1.82) is 0 Å². The summed E-state index contributed by atoms with van der Waals surface area (Å²) in [7, 11) is 0. The van der Waals surface area contributed by atoms with Crippen LogP contribution in [0.5, 0.6) is 5.75 Å². The molecule has 0 spiro atoms. The summed E-state index contributed by atoms with van der Waals surface area (Å²) < 4.78 is 11.5. The van der Waals surface area contributed by atoms with Crippen molar-refractivity contribution in [3.05, 3.63) is 54.6 Å². The largest absolute Gasteiger partial charge is 0.481 e. The molecule has 2 fully saturated rings. The van der Waals surface area contributed by atoms with Crippen molar-refractivity contribution in [3.8, 4) is 16.9 Å². The third-order valence-electron chi connectivity index (χ3n) is 6.45. The maximum Gasteiger partial charge on any atom is 0.308 e. The smallest absolute Gasteiger partial charge is 0.308 e. The summed E-state index contributed by atoms with van der Waals surface area (Å²) >= 11 is 0. The Morgan fingerprint density at radius 3 is 2.38 bits per heavy atom. The molecule has 0 aromatic heterocycles. The Morgan fingerprint density at radius 1 is 1.00 bits per heavy atom. The van der Waals surface area contributed by atoms with Crippen molar-refractivity contribution in [3.63, 3.8) is 0 Å². The van der Waals surface area contributed by atoms with E-state index < -0.39 is 18.1 Å². The molecule has 1 saturated carbocycles. The van der Waals surface area contributed by atoms with E-state index in [1.165, 1.54) is 4.90 Å². The lowest BCUT2D eigenvalue weighted by Crippen LogP contribution is -2.60. The predicted octanol–water partition coefficient (Wildman–Crippen LogP) is 3.71. The quantitative estimate of drug-likeness (QED) is 0.632. The first-order valence-electron chi connectivity index (χ1n) is 12.1. The number of amides is 2. The van der Waals surface area contributed by atoms with Crippen molar-refractivity contribution in [1.82, 2.24) is 10.2 Å². The lowest BCUT2D eigenvalue weighted by atomic mass is 9.98. The van der Waals surface area contributed by atoms with Crippen LogP contribution in [0.15, 0.2) is 54.6 Å². The fraction of sp³-hybridized carbons (Fsp3) is 0.444. The monoisotopic (exact) mass is 464 g/mol. The van der Waals surface area contributed by atoms with Crippen LogP contribution in [0, 0.1) is 0 Å². The molecule has 1 N–H and O–H groups in total. The number of ether oxygens (including phenoxy) is 2. The van der Waals surface area contributed by atoms with E-state index in [2.05, 4.69) is 5.32 Å². The average molecular weight is 465 g/mol. The lowest BCUT2D eigenvalue weighted by Gasteiger charge is -2.36. The van der Waals surface area contributed by atoms with Gasteiger partial charge in [0, 0.05) is 13.1 Å². The van der Waals surface area contributed by atoms with E-state index in [9.17, 15) is 14.4 Å². The van der Waals surface area contributed by atoms with Gasteiger partial charge in [0.2, 0.25) is 5.91 Å². The molecular weight excluding hydrogens is 432 g/mol. The minimum atomic E-state index is -0.885. The Labute approximate surface area is 200 Å². The summed E-state index contributed by atoms with van der Waals surface area (Å²) in [5.74, 6) is -0.524. The van der Waals surface area contributed by atoms with Gasteiger partial charge in [-0.25, -0.2) is 0 Å². The highest BCUT2D eigenvalue weighted by Gasteiger charge is 2.38. The van der Waals surface area contributed by atoms with Crippen LogP contribution in [0.4, 0.5) is 0 Å². The summed E-state index contributed by atoms with van der Waals surface area (Å²) in [6, 6.07) is 16.7. The van der Waals surface area contributed by atoms with Crippen LogP contribution in [0.25, 0.3) is 11.1 Å². The number of benzene rings is 2. The molecule has 4 rings (SSSR count). The number of hydrogen-bond acceptors (Lipinski definition) is 5. The number of esters is 1. The van der Waals surface area contributed by atoms with Crippen LogP contribution in [0.1, 0.15) is 45.4 Å². The number of nitrogens with one attached hydrogen (secondary N) is 1. The molecule has 0 bridgehead atoms. The number of hydrogen-bond donors (Lipinski definition) is 1. The molecule has 1 aliphatic heterocycles. The van der Waals surface area contributed by atoms with Gasteiger partial charge in [0.05, 0.1) is 6.42 Å². The molecular formula is C27H32N2O5. The maximum atomic E-state index is 13.2. The minimum Gasteiger partial charge on any atom is -0.481 e. The molecule has 1 aliphatic carbocycles. The minimum absolute atomic E-state index is 0.0850. The maximum absolute atomic E-state index is 13.2. The molecule has 2 aliphatic rings. The first kappa shape index (κ1) is 23.8. The van der Waals surface area contributed by atoms with E-state index in [1.54, 1.807) is 6.92 Å². The molecule has 2 amide bonds. The second-order valence-corrected chi connectivity index (χ2v) is 8.94. The summed E-state index contributed by atoms with van der Waals surface area (Å²) in [6.45, 7) is 2.33. The van der Waals surface area contributed by atoms with E-state index in [0.29, 0.717) is 18.8 Å². The van der Waals surface area contributed by atoms with Crippen LogP contribution in [-0.4, -0.2) is 54.0 Å². The van der Waals surface area contributed by atoms with Gasteiger partial charge in [-0.1, -0.05) is 48.9 Å². The molecule has 2 aromatic carbocycles. The topological polar surface area (TPSA) is 84.9 Å². The molecule has 34 heavy (non-hydrogen) atoms. The summed E-state index contributed by atoms with van der Waals surface area (Å²) in [5, 5.41) is 2.75. The van der Waals surface area contributed by atoms with Gasteiger partial charge in [-0.3, -0.25) is 14.4 Å². The van der Waals surface area contributed by atoms with Crippen LogP contribution in [-0.2, 0) is 19.1 Å².